The smallest absolute Gasteiger partial charge is 0.258 e. The maximum Gasteiger partial charge on any atom is 0.258 e. The number of primary amides is 1. The van der Waals surface area contributed by atoms with Crippen LogP contribution in [-0.4, -0.2) is 25.0 Å². The summed E-state index contributed by atoms with van der Waals surface area (Å²) in [4.78, 5) is 21.8. The van der Waals surface area contributed by atoms with Crippen molar-refractivity contribution in [2.24, 2.45) is 5.73 Å². The minimum absolute atomic E-state index is 0.128. The molecule has 0 atom stereocenters. The van der Waals surface area contributed by atoms with Gasteiger partial charge in [0.1, 0.15) is 5.75 Å². The van der Waals surface area contributed by atoms with Crippen molar-refractivity contribution in [3.05, 3.63) is 29.8 Å². The molecule has 1 rings (SSSR count). The number of ether oxygens (including phenoxy) is 1. The summed E-state index contributed by atoms with van der Waals surface area (Å²) in [5, 5.41) is 2.36. The summed E-state index contributed by atoms with van der Waals surface area (Å²) in [7, 11) is 0. The first-order valence-electron chi connectivity index (χ1n) is 5.77. The number of amides is 2. The fourth-order valence-electron chi connectivity index (χ4n) is 1.47. The van der Waals surface area contributed by atoms with Crippen LogP contribution in [0.3, 0.4) is 0 Å². The second-order valence-corrected chi connectivity index (χ2v) is 4.22. The van der Waals surface area contributed by atoms with Gasteiger partial charge >= 0.3 is 0 Å². The summed E-state index contributed by atoms with van der Waals surface area (Å²) in [6.07, 6.45) is 0. The van der Waals surface area contributed by atoms with Crippen LogP contribution in [0.15, 0.2) is 24.3 Å². The molecular formula is C13H18N2O3. The van der Waals surface area contributed by atoms with Gasteiger partial charge in [-0.2, -0.15) is 0 Å². The van der Waals surface area contributed by atoms with E-state index in [0.29, 0.717) is 11.7 Å². The Labute approximate surface area is 106 Å². The Kier molecular flexibility index (Phi) is 5.17. The molecule has 2 amide bonds. The van der Waals surface area contributed by atoms with Gasteiger partial charge in [-0.1, -0.05) is 32.0 Å². The lowest BCUT2D eigenvalue weighted by Gasteiger charge is -2.13. The van der Waals surface area contributed by atoms with Crippen LogP contribution >= 0.6 is 0 Å². The van der Waals surface area contributed by atoms with E-state index in [1.54, 1.807) is 0 Å². The van der Waals surface area contributed by atoms with Gasteiger partial charge in [0.05, 0.1) is 6.54 Å². The molecule has 3 N–H and O–H groups in total. The number of hydrogen-bond donors (Lipinski definition) is 2. The molecule has 0 aromatic heterocycles. The highest BCUT2D eigenvalue weighted by Crippen LogP contribution is 2.25. The molecule has 18 heavy (non-hydrogen) atoms. The first kappa shape index (κ1) is 14.0. The third-order valence-corrected chi connectivity index (χ3v) is 2.36. The van der Waals surface area contributed by atoms with Crippen molar-refractivity contribution in [3.8, 4) is 5.75 Å². The Hall–Kier alpha value is -2.04. The largest absolute Gasteiger partial charge is 0.483 e. The zero-order chi connectivity index (χ0) is 13.5. The molecule has 0 heterocycles. The molecule has 0 saturated carbocycles. The molecule has 5 nitrogen and oxygen atoms in total. The zero-order valence-corrected chi connectivity index (χ0v) is 10.6. The summed E-state index contributed by atoms with van der Waals surface area (Å²) in [6.45, 7) is 3.80. The molecule has 0 spiro atoms. The predicted molar refractivity (Wildman–Crippen MR) is 68.2 cm³/mol. The fraction of sp³-hybridized carbons (Fsp3) is 0.385. The van der Waals surface area contributed by atoms with Gasteiger partial charge in [0.15, 0.2) is 6.61 Å². The van der Waals surface area contributed by atoms with E-state index in [9.17, 15) is 9.59 Å². The molecule has 0 fully saturated rings. The number of hydrogen-bond acceptors (Lipinski definition) is 3. The molecule has 0 saturated heterocycles. The zero-order valence-electron chi connectivity index (χ0n) is 10.6. The van der Waals surface area contributed by atoms with Gasteiger partial charge < -0.3 is 15.8 Å². The molecular weight excluding hydrogens is 232 g/mol. The average Bonchev–Trinajstić information content (AvgIpc) is 2.34. The van der Waals surface area contributed by atoms with Crippen molar-refractivity contribution in [2.75, 3.05) is 13.2 Å². The number of para-hydroxylation sites is 1. The second kappa shape index (κ2) is 6.64. The molecule has 0 radical (unpaired) electrons. The molecule has 98 valence electrons. The quantitative estimate of drug-likeness (QED) is 0.783. The van der Waals surface area contributed by atoms with Crippen LogP contribution in [-0.2, 0) is 9.59 Å². The van der Waals surface area contributed by atoms with Gasteiger partial charge in [-0.25, -0.2) is 0 Å². The Morgan fingerprint density at radius 2 is 2.00 bits per heavy atom. The lowest BCUT2D eigenvalue weighted by molar-refractivity contribution is -0.126. The minimum atomic E-state index is -0.578. The molecule has 0 bridgehead atoms. The Morgan fingerprint density at radius 1 is 1.33 bits per heavy atom. The van der Waals surface area contributed by atoms with Crippen LogP contribution in [0.4, 0.5) is 0 Å². The third-order valence-electron chi connectivity index (χ3n) is 2.36. The van der Waals surface area contributed by atoms with Crippen LogP contribution in [0, 0.1) is 0 Å². The molecule has 1 aromatic carbocycles. The van der Waals surface area contributed by atoms with E-state index >= 15 is 0 Å². The highest BCUT2D eigenvalue weighted by Gasteiger charge is 2.09. The summed E-state index contributed by atoms with van der Waals surface area (Å²) in [5.74, 6) is 0.0508. The van der Waals surface area contributed by atoms with Gasteiger partial charge in [-0.15, -0.1) is 0 Å². The summed E-state index contributed by atoms with van der Waals surface area (Å²) in [6, 6.07) is 7.55. The number of rotatable bonds is 6. The molecule has 0 unspecified atom stereocenters. The summed E-state index contributed by atoms with van der Waals surface area (Å²) < 4.78 is 5.43. The van der Waals surface area contributed by atoms with Gasteiger partial charge in [0.2, 0.25) is 5.91 Å². The van der Waals surface area contributed by atoms with Crippen molar-refractivity contribution >= 4 is 11.8 Å². The van der Waals surface area contributed by atoms with Gasteiger partial charge in [-0.3, -0.25) is 9.59 Å². The van der Waals surface area contributed by atoms with Gasteiger partial charge in [-0.05, 0) is 17.5 Å². The van der Waals surface area contributed by atoms with E-state index in [-0.39, 0.29) is 19.1 Å². The summed E-state index contributed by atoms with van der Waals surface area (Å²) in [5.41, 5.74) is 5.96. The van der Waals surface area contributed by atoms with Crippen molar-refractivity contribution in [3.63, 3.8) is 0 Å². The van der Waals surface area contributed by atoms with E-state index < -0.39 is 5.91 Å². The third kappa shape index (κ3) is 4.45. The number of nitrogens with two attached hydrogens (primary N) is 1. The van der Waals surface area contributed by atoms with E-state index in [1.807, 2.05) is 24.3 Å². The van der Waals surface area contributed by atoms with E-state index in [0.717, 1.165) is 5.56 Å². The Balaban J connectivity index is 2.53. The highest BCUT2D eigenvalue weighted by atomic mass is 16.5. The minimum Gasteiger partial charge on any atom is -0.483 e. The number of carbonyl (C=O) groups is 2. The van der Waals surface area contributed by atoms with E-state index in [1.165, 1.54) is 0 Å². The van der Waals surface area contributed by atoms with Crippen molar-refractivity contribution < 1.29 is 14.3 Å². The normalized spacial score (nSPS) is 10.2. The van der Waals surface area contributed by atoms with Crippen LogP contribution in [0.1, 0.15) is 25.3 Å². The molecule has 5 heteroatoms. The monoisotopic (exact) mass is 250 g/mol. The standard InChI is InChI=1S/C13H18N2O3/c1-9(2)10-5-3-4-6-11(10)18-8-13(17)15-7-12(14)16/h3-6,9H,7-8H2,1-2H3,(H2,14,16)(H,15,17). The Bertz CT molecular complexity index is 430. The topological polar surface area (TPSA) is 81.4 Å². The second-order valence-electron chi connectivity index (χ2n) is 4.22. The Morgan fingerprint density at radius 3 is 2.61 bits per heavy atom. The molecule has 0 aliphatic carbocycles. The van der Waals surface area contributed by atoms with Gasteiger partial charge in [0, 0.05) is 0 Å². The average molecular weight is 250 g/mol. The number of benzene rings is 1. The maximum atomic E-state index is 11.4. The van der Waals surface area contributed by atoms with Gasteiger partial charge in [0.25, 0.3) is 5.91 Å². The number of nitrogens with one attached hydrogen (secondary N) is 1. The molecule has 0 aliphatic rings. The lowest BCUT2D eigenvalue weighted by atomic mass is 10.0. The van der Waals surface area contributed by atoms with E-state index in [2.05, 4.69) is 19.2 Å². The van der Waals surface area contributed by atoms with Crippen molar-refractivity contribution in [1.82, 2.24) is 5.32 Å². The van der Waals surface area contributed by atoms with Crippen LogP contribution in [0.5, 0.6) is 5.75 Å². The summed E-state index contributed by atoms with van der Waals surface area (Å²) >= 11 is 0. The van der Waals surface area contributed by atoms with Crippen LogP contribution in [0.25, 0.3) is 0 Å². The SMILES string of the molecule is CC(C)c1ccccc1OCC(=O)NCC(N)=O. The maximum absolute atomic E-state index is 11.4. The predicted octanol–water partition coefficient (Wildman–Crippen LogP) is 0.790. The van der Waals surface area contributed by atoms with Crippen molar-refractivity contribution in [2.45, 2.75) is 19.8 Å². The lowest BCUT2D eigenvalue weighted by Crippen LogP contribution is -2.36. The highest BCUT2D eigenvalue weighted by molar-refractivity contribution is 5.84. The van der Waals surface area contributed by atoms with Crippen molar-refractivity contribution in [1.29, 1.82) is 0 Å². The first-order chi connectivity index (χ1) is 8.50. The van der Waals surface area contributed by atoms with Crippen LogP contribution in [0.2, 0.25) is 0 Å². The number of carbonyl (C=O) groups excluding carboxylic acids is 2. The fourth-order valence-corrected chi connectivity index (χ4v) is 1.47. The molecule has 1 aromatic rings. The van der Waals surface area contributed by atoms with Crippen LogP contribution < -0.4 is 15.8 Å². The molecule has 0 aliphatic heterocycles. The van der Waals surface area contributed by atoms with E-state index in [4.69, 9.17) is 10.5 Å². The first-order valence-corrected chi connectivity index (χ1v) is 5.77.